The van der Waals surface area contributed by atoms with Crippen LogP contribution in [0.5, 0.6) is 5.75 Å². The van der Waals surface area contributed by atoms with Crippen LogP contribution >= 0.6 is 0 Å². The van der Waals surface area contributed by atoms with Gasteiger partial charge < -0.3 is 9.47 Å². The smallest absolute Gasteiger partial charge is 0.414 e. The largest absolute Gasteiger partial charge is 0.495 e. The molecule has 23 heavy (non-hydrogen) atoms. The van der Waals surface area contributed by atoms with E-state index >= 15 is 0 Å². The molecule has 0 bridgehead atoms. The number of ether oxygens (including phenoxy) is 2. The van der Waals surface area contributed by atoms with Crippen molar-refractivity contribution in [3.63, 3.8) is 0 Å². The van der Waals surface area contributed by atoms with Crippen molar-refractivity contribution < 1.29 is 14.3 Å². The predicted molar refractivity (Wildman–Crippen MR) is 93.1 cm³/mol. The molecule has 0 spiro atoms. The maximum atomic E-state index is 12.3. The Hall–Kier alpha value is -2.49. The molecule has 0 heterocycles. The molecular weight excluding hydrogens is 290 g/mol. The van der Waals surface area contributed by atoms with E-state index in [2.05, 4.69) is 0 Å². The first-order chi connectivity index (χ1) is 10.8. The highest BCUT2D eigenvalue weighted by molar-refractivity contribution is 5.90. The SMILES string of the molecule is COc1ccc(-c2ccccc2)cc1N(C)C(=O)OC(C)(C)C. The van der Waals surface area contributed by atoms with Gasteiger partial charge >= 0.3 is 6.09 Å². The monoisotopic (exact) mass is 313 g/mol. The van der Waals surface area contributed by atoms with Crippen LogP contribution in [-0.4, -0.2) is 25.9 Å². The van der Waals surface area contributed by atoms with Crippen molar-refractivity contribution in [1.82, 2.24) is 0 Å². The van der Waals surface area contributed by atoms with Crippen LogP contribution in [-0.2, 0) is 4.74 Å². The maximum absolute atomic E-state index is 12.3. The van der Waals surface area contributed by atoms with E-state index in [-0.39, 0.29) is 0 Å². The van der Waals surface area contributed by atoms with Gasteiger partial charge in [-0.3, -0.25) is 4.90 Å². The molecule has 1 amide bonds. The van der Waals surface area contributed by atoms with Crippen LogP contribution in [0.15, 0.2) is 48.5 Å². The first-order valence-electron chi connectivity index (χ1n) is 7.52. The zero-order valence-electron chi connectivity index (χ0n) is 14.3. The number of benzene rings is 2. The summed E-state index contributed by atoms with van der Waals surface area (Å²) in [7, 11) is 3.27. The lowest BCUT2D eigenvalue weighted by molar-refractivity contribution is 0.0588. The minimum absolute atomic E-state index is 0.416. The molecule has 122 valence electrons. The molecule has 0 aliphatic heterocycles. The number of carbonyl (C=O) groups is 1. The van der Waals surface area contributed by atoms with Gasteiger partial charge in [-0.25, -0.2) is 4.79 Å². The van der Waals surface area contributed by atoms with Gasteiger partial charge in [0.1, 0.15) is 11.4 Å². The van der Waals surface area contributed by atoms with Crippen LogP contribution in [0.2, 0.25) is 0 Å². The Morgan fingerprint density at radius 2 is 1.65 bits per heavy atom. The van der Waals surface area contributed by atoms with Gasteiger partial charge in [0.25, 0.3) is 0 Å². The molecular formula is C19H23NO3. The lowest BCUT2D eigenvalue weighted by atomic mass is 10.0. The average Bonchev–Trinajstić information content (AvgIpc) is 2.52. The molecule has 0 saturated heterocycles. The molecule has 0 saturated carbocycles. The summed E-state index contributed by atoms with van der Waals surface area (Å²) in [6.45, 7) is 5.53. The van der Waals surface area contributed by atoms with Gasteiger partial charge in [-0.05, 0) is 44.0 Å². The van der Waals surface area contributed by atoms with E-state index < -0.39 is 11.7 Å². The summed E-state index contributed by atoms with van der Waals surface area (Å²) in [5, 5.41) is 0. The van der Waals surface area contributed by atoms with Crippen LogP contribution in [0.4, 0.5) is 10.5 Å². The summed E-state index contributed by atoms with van der Waals surface area (Å²) in [5.74, 6) is 0.623. The van der Waals surface area contributed by atoms with E-state index in [9.17, 15) is 4.79 Å². The second-order valence-corrected chi connectivity index (χ2v) is 6.29. The van der Waals surface area contributed by atoms with Gasteiger partial charge in [0.2, 0.25) is 0 Å². The normalized spacial score (nSPS) is 11.0. The lowest BCUT2D eigenvalue weighted by Crippen LogP contribution is -2.34. The van der Waals surface area contributed by atoms with Crippen LogP contribution < -0.4 is 9.64 Å². The first-order valence-corrected chi connectivity index (χ1v) is 7.52. The fourth-order valence-electron chi connectivity index (χ4n) is 2.19. The fraction of sp³-hybridized carbons (Fsp3) is 0.316. The van der Waals surface area contributed by atoms with E-state index in [1.165, 1.54) is 4.90 Å². The van der Waals surface area contributed by atoms with E-state index in [0.29, 0.717) is 11.4 Å². The van der Waals surface area contributed by atoms with Gasteiger partial charge in [-0.1, -0.05) is 36.4 Å². The van der Waals surface area contributed by atoms with Crippen molar-refractivity contribution in [2.45, 2.75) is 26.4 Å². The Kier molecular flexibility index (Phi) is 4.94. The third-order valence-corrected chi connectivity index (χ3v) is 3.31. The number of hydrogen-bond acceptors (Lipinski definition) is 3. The van der Waals surface area contributed by atoms with E-state index in [4.69, 9.17) is 9.47 Å². The minimum Gasteiger partial charge on any atom is -0.495 e. The number of anilines is 1. The summed E-state index contributed by atoms with van der Waals surface area (Å²) in [5.41, 5.74) is 2.21. The fourth-order valence-corrected chi connectivity index (χ4v) is 2.19. The van der Waals surface area contributed by atoms with Gasteiger partial charge in [0, 0.05) is 7.05 Å². The molecule has 4 nitrogen and oxygen atoms in total. The molecule has 0 aromatic heterocycles. The zero-order chi connectivity index (χ0) is 17.0. The van der Waals surface area contributed by atoms with Crippen LogP contribution in [0.1, 0.15) is 20.8 Å². The van der Waals surface area contributed by atoms with E-state index in [1.54, 1.807) is 14.2 Å². The molecule has 0 N–H and O–H groups in total. The van der Waals surface area contributed by atoms with Gasteiger partial charge in [0.15, 0.2) is 0 Å². The molecule has 0 aliphatic carbocycles. The first kappa shape index (κ1) is 16.9. The quantitative estimate of drug-likeness (QED) is 0.822. The Morgan fingerprint density at radius 1 is 1.00 bits per heavy atom. The number of rotatable bonds is 3. The maximum Gasteiger partial charge on any atom is 0.414 e. The summed E-state index contributed by atoms with van der Waals surface area (Å²) in [6, 6.07) is 15.8. The van der Waals surface area contributed by atoms with Crippen LogP contribution in [0.25, 0.3) is 11.1 Å². The number of amides is 1. The zero-order valence-corrected chi connectivity index (χ0v) is 14.3. The Morgan fingerprint density at radius 3 is 2.22 bits per heavy atom. The molecule has 4 heteroatoms. The number of hydrogen-bond donors (Lipinski definition) is 0. The standard InChI is InChI=1S/C19H23NO3/c1-19(2,3)23-18(21)20(4)16-13-15(11-12-17(16)22-5)14-9-7-6-8-10-14/h6-13H,1-5H3. The Balaban J connectivity index is 2.38. The third kappa shape index (κ3) is 4.25. The summed E-state index contributed by atoms with van der Waals surface area (Å²) in [4.78, 5) is 13.8. The molecule has 0 aliphatic rings. The second-order valence-electron chi connectivity index (χ2n) is 6.29. The van der Waals surface area contributed by atoms with Crippen molar-refractivity contribution in [2.24, 2.45) is 0 Å². The number of nitrogens with zero attached hydrogens (tertiary/aromatic N) is 1. The highest BCUT2D eigenvalue weighted by atomic mass is 16.6. The molecule has 0 radical (unpaired) electrons. The lowest BCUT2D eigenvalue weighted by Gasteiger charge is -2.26. The van der Waals surface area contributed by atoms with Crippen molar-refractivity contribution >= 4 is 11.8 Å². The minimum atomic E-state index is -0.546. The van der Waals surface area contributed by atoms with Gasteiger partial charge in [0.05, 0.1) is 12.8 Å². The average molecular weight is 313 g/mol. The van der Waals surface area contributed by atoms with Crippen molar-refractivity contribution in [3.8, 4) is 16.9 Å². The third-order valence-electron chi connectivity index (χ3n) is 3.31. The highest BCUT2D eigenvalue weighted by Crippen LogP contribution is 2.33. The van der Waals surface area contributed by atoms with Crippen LogP contribution in [0.3, 0.4) is 0 Å². The number of methoxy groups -OCH3 is 1. The van der Waals surface area contributed by atoms with Gasteiger partial charge in [-0.15, -0.1) is 0 Å². The molecule has 0 atom stereocenters. The molecule has 0 fully saturated rings. The van der Waals surface area contributed by atoms with Crippen molar-refractivity contribution in [1.29, 1.82) is 0 Å². The summed E-state index contributed by atoms with van der Waals surface area (Å²) < 4.78 is 10.8. The topological polar surface area (TPSA) is 38.8 Å². The second kappa shape index (κ2) is 6.73. The number of carbonyl (C=O) groups excluding carboxylic acids is 1. The molecule has 2 aromatic rings. The van der Waals surface area contributed by atoms with E-state index in [1.807, 2.05) is 69.3 Å². The molecule has 2 rings (SSSR count). The predicted octanol–water partition coefficient (Wildman–Crippen LogP) is 4.73. The van der Waals surface area contributed by atoms with E-state index in [0.717, 1.165) is 11.1 Å². The molecule has 2 aromatic carbocycles. The van der Waals surface area contributed by atoms with Crippen LogP contribution in [0, 0.1) is 0 Å². The van der Waals surface area contributed by atoms with Crippen molar-refractivity contribution in [3.05, 3.63) is 48.5 Å². The Bertz CT molecular complexity index is 675. The molecule has 0 unspecified atom stereocenters. The summed E-state index contributed by atoms with van der Waals surface area (Å²) in [6.07, 6.45) is -0.416. The van der Waals surface area contributed by atoms with Gasteiger partial charge in [-0.2, -0.15) is 0 Å². The Labute approximate surface area is 137 Å². The van der Waals surface area contributed by atoms with Crippen molar-refractivity contribution in [2.75, 3.05) is 19.1 Å². The summed E-state index contributed by atoms with van der Waals surface area (Å²) >= 11 is 0. The highest BCUT2D eigenvalue weighted by Gasteiger charge is 2.23.